The molecule has 0 aromatic rings. The normalized spacial score (nSPS) is 32.4. The van der Waals surface area contributed by atoms with Crippen LogP contribution in [0.5, 0.6) is 0 Å². The molecule has 0 bridgehead atoms. The highest BCUT2D eigenvalue weighted by Crippen LogP contribution is 2.68. The fourth-order valence-electron chi connectivity index (χ4n) is 10.7. The second-order valence-corrected chi connectivity index (χ2v) is 17.5. The van der Waals surface area contributed by atoms with E-state index in [1.54, 1.807) is 4.90 Å². The van der Waals surface area contributed by atoms with Crippen LogP contribution in [0.1, 0.15) is 126 Å². The molecule has 11 nitrogen and oxygen atoms in total. The first-order chi connectivity index (χ1) is 24.3. The van der Waals surface area contributed by atoms with Gasteiger partial charge in [0.25, 0.3) is 0 Å². The second kappa shape index (κ2) is 17.0. The van der Waals surface area contributed by atoms with Crippen LogP contribution in [0.25, 0.3) is 0 Å². The average Bonchev–Trinajstić information content (AvgIpc) is 3.41. The molecule has 4 fully saturated rings. The first-order valence-electron chi connectivity index (χ1n) is 19.5. The summed E-state index contributed by atoms with van der Waals surface area (Å²) in [5.41, 5.74) is -0.309. The largest absolute Gasteiger partial charge is 0.466 e. The van der Waals surface area contributed by atoms with Gasteiger partial charge in [-0.05, 0) is 139 Å². The number of fused-ring (bicyclic) bond motifs is 5. The Bertz CT molecular complexity index is 1320. The first kappa shape index (κ1) is 41.8. The number of rotatable bonds is 16. The number of hydrogen-bond donors (Lipinski definition) is 0. The smallest absolute Gasteiger partial charge is 0.350 e. The molecule has 4 saturated carbocycles. The van der Waals surface area contributed by atoms with Crippen molar-refractivity contribution in [1.29, 1.82) is 0 Å². The molecular formula is C41H65NO10. The summed E-state index contributed by atoms with van der Waals surface area (Å²) in [6.07, 6.45) is 11.1. The molecule has 0 N–H and O–H groups in total. The molecule has 4 rings (SSSR count). The van der Waals surface area contributed by atoms with Crippen molar-refractivity contribution in [1.82, 2.24) is 4.90 Å². The summed E-state index contributed by atoms with van der Waals surface area (Å²) in [5, 5.41) is 0. The van der Waals surface area contributed by atoms with E-state index >= 15 is 0 Å². The highest BCUT2D eigenvalue weighted by molar-refractivity contribution is 5.85. The fraction of sp³-hybridized carbons (Fsp3) is 0.829. The van der Waals surface area contributed by atoms with Crippen molar-refractivity contribution < 1.29 is 47.7 Å². The Balaban J connectivity index is 1.25. The van der Waals surface area contributed by atoms with E-state index < -0.39 is 47.7 Å². The topological polar surface area (TPSA) is 135 Å². The summed E-state index contributed by atoms with van der Waals surface area (Å²) >= 11 is 0. The van der Waals surface area contributed by atoms with E-state index in [0.717, 1.165) is 37.5 Å². The lowest BCUT2D eigenvalue weighted by Gasteiger charge is -2.62. The summed E-state index contributed by atoms with van der Waals surface area (Å²) in [7, 11) is 0. The molecule has 294 valence electrons. The first-order valence-corrected chi connectivity index (χ1v) is 19.5. The Morgan fingerprint density at radius 1 is 0.750 bits per heavy atom. The van der Waals surface area contributed by atoms with Crippen LogP contribution in [0.15, 0.2) is 12.2 Å². The third-order valence-electron chi connectivity index (χ3n) is 13.3. The van der Waals surface area contributed by atoms with Crippen LogP contribution >= 0.6 is 0 Å². The maximum atomic E-state index is 13.1. The van der Waals surface area contributed by atoms with Crippen molar-refractivity contribution in [3.8, 4) is 0 Å². The molecule has 4 aliphatic carbocycles. The molecule has 8 atom stereocenters. The molecule has 0 unspecified atom stereocenters. The summed E-state index contributed by atoms with van der Waals surface area (Å²) in [6.45, 7) is 19.6. The van der Waals surface area contributed by atoms with E-state index in [0.29, 0.717) is 49.1 Å². The van der Waals surface area contributed by atoms with Crippen LogP contribution in [0.2, 0.25) is 0 Å². The van der Waals surface area contributed by atoms with Gasteiger partial charge >= 0.3 is 29.8 Å². The van der Waals surface area contributed by atoms with Crippen LogP contribution in [-0.4, -0.2) is 85.4 Å². The van der Waals surface area contributed by atoms with Crippen molar-refractivity contribution in [3.63, 3.8) is 0 Å². The van der Waals surface area contributed by atoms with E-state index in [-0.39, 0.29) is 25.2 Å². The molecule has 4 aliphatic rings. The van der Waals surface area contributed by atoms with Crippen LogP contribution in [0.3, 0.4) is 0 Å². The zero-order valence-electron chi connectivity index (χ0n) is 33.1. The van der Waals surface area contributed by atoms with Crippen LogP contribution in [0.4, 0.5) is 0 Å². The minimum Gasteiger partial charge on any atom is -0.466 e. The Labute approximate surface area is 311 Å². The van der Waals surface area contributed by atoms with Crippen LogP contribution in [0, 0.1) is 40.4 Å². The molecule has 0 aromatic carbocycles. The quantitative estimate of drug-likeness (QED) is 0.0736. The number of esters is 5. The number of carbonyl (C=O) groups is 5. The predicted molar refractivity (Wildman–Crippen MR) is 195 cm³/mol. The fourth-order valence-corrected chi connectivity index (χ4v) is 10.7. The van der Waals surface area contributed by atoms with Gasteiger partial charge in [0.05, 0.1) is 19.8 Å². The van der Waals surface area contributed by atoms with Gasteiger partial charge in [0.15, 0.2) is 6.61 Å². The van der Waals surface area contributed by atoms with Gasteiger partial charge < -0.3 is 23.7 Å². The van der Waals surface area contributed by atoms with Crippen molar-refractivity contribution in [2.75, 3.05) is 39.5 Å². The summed E-state index contributed by atoms with van der Waals surface area (Å²) in [6, 6.07) is 0. The SMILES string of the molecule is C=C(C)[C@H]1CC[C@H]2[C@@H]3CC[C@H]4C[C@](C)(OC(=O)COC(=O)C(C)(C)OC(=O)CN(CCCOC(C)=O)CCCOC(C)=O)CC[C@]4(C)[C@H]3CC[C@]12C. The average molecular weight is 732 g/mol. The van der Waals surface area contributed by atoms with Gasteiger partial charge in [0.1, 0.15) is 5.60 Å². The van der Waals surface area contributed by atoms with Gasteiger partial charge in [-0.15, -0.1) is 0 Å². The molecule has 0 aliphatic heterocycles. The monoisotopic (exact) mass is 731 g/mol. The van der Waals surface area contributed by atoms with Crippen LogP contribution < -0.4 is 0 Å². The third kappa shape index (κ3) is 9.97. The Morgan fingerprint density at radius 2 is 1.37 bits per heavy atom. The van der Waals surface area contributed by atoms with Gasteiger partial charge in [-0.3, -0.25) is 19.3 Å². The van der Waals surface area contributed by atoms with Crippen molar-refractivity contribution in [2.45, 2.75) is 137 Å². The zero-order chi connectivity index (χ0) is 38.5. The summed E-state index contributed by atoms with van der Waals surface area (Å²) in [4.78, 5) is 63.0. The maximum Gasteiger partial charge on any atom is 0.350 e. The van der Waals surface area contributed by atoms with Crippen molar-refractivity contribution in [3.05, 3.63) is 12.2 Å². The standard InChI is InChI=1S/C41H65NO10/c1-27(2)32-14-15-33-31-13-12-30-24-39(7,18-19-40(30,8)34(31)16-17-41(32,33)9)52-36(46)26-50-37(47)38(5,6)51-35(45)25-42(20-10-22-48-28(3)43)21-11-23-49-29(4)44/h30-34H,1,10-26H2,2-9H3/t30-,31-,32+,33-,34-,39+,40-,41+/m0/s1. The van der Waals surface area contributed by atoms with E-state index in [2.05, 4.69) is 27.4 Å². The summed E-state index contributed by atoms with van der Waals surface area (Å²) < 4.78 is 26.9. The second-order valence-electron chi connectivity index (χ2n) is 17.5. The third-order valence-corrected chi connectivity index (χ3v) is 13.3. The van der Waals surface area contributed by atoms with Gasteiger partial charge in [0.2, 0.25) is 5.60 Å². The molecule has 52 heavy (non-hydrogen) atoms. The van der Waals surface area contributed by atoms with Crippen molar-refractivity contribution >= 4 is 29.8 Å². The highest BCUT2D eigenvalue weighted by Gasteiger charge is 2.61. The summed E-state index contributed by atoms with van der Waals surface area (Å²) in [5.74, 6) is 0.450. The van der Waals surface area contributed by atoms with E-state index in [4.69, 9.17) is 23.7 Å². The highest BCUT2D eigenvalue weighted by atomic mass is 16.6. The van der Waals surface area contributed by atoms with Gasteiger partial charge in [-0.25, -0.2) is 9.59 Å². The maximum absolute atomic E-state index is 13.1. The Kier molecular flexibility index (Phi) is 13.7. The number of allylic oxidation sites excluding steroid dienone is 1. The van der Waals surface area contributed by atoms with Gasteiger partial charge in [0, 0.05) is 26.9 Å². The lowest BCUT2D eigenvalue weighted by atomic mass is 9.44. The van der Waals surface area contributed by atoms with Gasteiger partial charge in [-0.1, -0.05) is 26.0 Å². The molecule has 0 aromatic heterocycles. The number of nitrogens with zero attached hydrogens (tertiary/aromatic N) is 1. The zero-order valence-corrected chi connectivity index (χ0v) is 33.1. The Hall–Kier alpha value is -2.95. The number of hydrogen-bond acceptors (Lipinski definition) is 11. The molecule has 11 heteroatoms. The van der Waals surface area contributed by atoms with E-state index in [1.807, 2.05) is 6.92 Å². The predicted octanol–water partition coefficient (Wildman–Crippen LogP) is 6.60. The Morgan fingerprint density at radius 3 is 1.96 bits per heavy atom. The molecule has 0 heterocycles. The van der Waals surface area contributed by atoms with E-state index in [9.17, 15) is 24.0 Å². The lowest BCUT2D eigenvalue weighted by Crippen LogP contribution is -2.56. The lowest BCUT2D eigenvalue weighted by molar-refractivity contribution is -0.191. The molecule has 0 spiro atoms. The van der Waals surface area contributed by atoms with Crippen LogP contribution in [-0.2, 0) is 47.7 Å². The molecule has 0 radical (unpaired) electrons. The molecular weight excluding hydrogens is 666 g/mol. The number of ether oxygens (including phenoxy) is 5. The number of carbonyl (C=O) groups excluding carboxylic acids is 5. The molecule has 0 amide bonds. The van der Waals surface area contributed by atoms with Gasteiger partial charge in [-0.2, -0.15) is 0 Å². The minimum absolute atomic E-state index is 0.145. The van der Waals surface area contributed by atoms with E-state index in [1.165, 1.54) is 65.4 Å². The minimum atomic E-state index is -1.65. The van der Waals surface area contributed by atoms with Crippen molar-refractivity contribution in [2.24, 2.45) is 40.4 Å². The molecule has 0 saturated heterocycles.